The van der Waals surface area contributed by atoms with E-state index in [1.807, 2.05) is 6.07 Å². The van der Waals surface area contributed by atoms with Crippen LogP contribution in [-0.4, -0.2) is 18.3 Å². The van der Waals surface area contributed by atoms with Crippen LogP contribution in [0, 0.1) is 0 Å². The van der Waals surface area contributed by atoms with E-state index in [2.05, 4.69) is 26.1 Å². The Kier molecular flexibility index (Phi) is 6.07. The van der Waals surface area contributed by atoms with Gasteiger partial charge < -0.3 is 14.5 Å². The summed E-state index contributed by atoms with van der Waals surface area (Å²) in [7, 11) is 0. The number of halogens is 3. The maximum Gasteiger partial charge on any atom is 0.389 e. The fraction of sp³-hybridized carbons (Fsp3) is 0.714. The summed E-state index contributed by atoms with van der Waals surface area (Å²) in [6, 6.07) is 1.85. The van der Waals surface area contributed by atoms with Gasteiger partial charge in [-0.15, -0.1) is 0 Å². The summed E-state index contributed by atoms with van der Waals surface area (Å²) in [6.07, 6.45) is -3.32. The van der Waals surface area contributed by atoms with Gasteiger partial charge >= 0.3 is 6.18 Å². The van der Waals surface area contributed by atoms with Crippen molar-refractivity contribution in [2.75, 3.05) is 6.61 Å². The van der Waals surface area contributed by atoms with Crippen LogP contribution in [0.1, 0.15) is 44.9 Å². The van der Waals surface area contributed by atoms with Crippen LogP contribution in [0.3, 0.4) is 0 Å². The van der Waals surface area contributed by atoms with Gasteiger partial charge in [-0.1, -0.05) is 0 Å². The summed E-state index contributed by atoms with van der Waals surface area (Å²) in [5, 5.41) is 3.32. The molecule has 0 aliphatic carbocycles. The first-order valence-corrected chi connectivity index (χ1v) is 6.61. The van der Waals surface area contributed by atoms with E-state index in [0.29, 0.717) is 12.3 Å². The van der Waals surface area contributed by atoms with Crippen molar-refractivity contribution in [2.24, 2.45) is 0 Å². The maximum absolute atomic E-state index is 11.9. The van der Waals surface area contributed by atoms with Crippen LogP contribution < -0.4 is 5.32 Å². The van der Waals surface area contributed by atoms with Gasteiger partial charge in [-0.2, -0.15) is 13.2 Å². The highest BCUT2D eigenvalue weighted by Crippen LogP contribution is 2.21. The first kappa shape index (κ1) is 17.0. The molecular weight excluding hydrogens is 271 g/mol. The molecule has 1 rings (SSSR count). The van der Waals surface area contributed by atoms with E-state index in [9.17, 15) is 13.2 Å². The van der Waals surface area contributed by atoms with E-state index in [1.165, 1.54) is 0 Å². The predicted octanol–water partition coefficient (Wildman–Crippen LogP) is 4.03. The Morgan fingerprint density at radius 2 is 1.95 bits per heavy atom. The minimum atomic E-state index is -4.11. The highest BCUT2D eigenvalue weighted by atomic mass is 19.4. The topological polar surface area (TPSA) is 34.4 Å². The van der Waals surface area contributed by atoms with Crippen LogP contribution in [0.4, 0.5) is 13.2 Å². The molecule has 0 aliphatic heterocycles. The molecule has 0 radical (unpaired) electrons. The van der Waals surface area contributed by atoms with E-state index in [4.69, 9.17) is 9.15 Å². The zero-order valence-electron chi connectivity index (χ0n) is 12.1. The van der Waals surface area contributed by atoms with Gasteiger partial charge in [0.05, 0.1) is 6.26 Å². The molecule has 1 aromatic rings. The van der Waals surface area contributed by atoms with Crippen molar-refractivity contribution in [1.82, 2.24) is 5.32 Å². The van der Waals surface area contributed by atoms with Gasteiger partial charge in [0, 0.05) is 30.7 Å². The average Bonchev–Trinajstić information content (AvgIpc) is 2.71. The summed E-state index contributed by atoms with van der Waals surface area (Å²) in [5.74, 6) is 0.628. The monoisotopic (exact) mass is 293 g/mol. The number of alkyl halides is 3. The summed E-state index contributed by atoms with van der Waals surface area (Å²) in [6.45, 7) is 7.16. The zero-order chi connectivity index (χ0) is 15.2. The lowest BCUT2D eigenvalue weighted by molar-refractivity contribution is -0.138. The fourth-order valence-corrected chi connectivity index (χ4v) is 1.51. The Hall–Kier alpha value is -1.01. The second kappa shape index (κ2) is 7.13. The Labute approximate surface area is 117 Å². The van der Waals surface area contributed by atoms with Crippen molar-refractivity contribution in [1.29, 1.82) is 0 Å². The summed E-state index contributed by atoms with van der Waals surface area (Å²) >= 11 is 0. The van der Waals surface area contributed by atoms with Gasteiger partial charge in [-0.05, 0) is 33.3 Å². The second-order valence-corrected chi connectivity index (χ2v) is 5.80. The molecule has 1 N–H and O–H groups in total. The van der Waals surface area contributed by atoms with Crippen LogP contribution in [-0.2, 0) is 17.9 Å². The van der Waals surface area contributed by atoms with Crippen molar-refractivity contribution in [3.05, 3.63) is 23.7 Å². The smallest absolute Gasteiger partial charge is 0.389 e. The molecule has 0 spiro atoms. The van der Waals surface area contributed by atoms with E-state index < -0.39 is 12.6 Å². The van der Waals surface area contributed by atoms with E-state index in [1.54, 1.807) is 6.26 Å². The molecule has 0 fully saturated rings. The highest BCUT2D eigenvalue weighted by Gasteiger charge is 2.25. The number of hydrogen-bond acceptors (Lipinski definition) is 3. The zero-order valence-corrected chi connectivity index (χ0v) is 12.1. The fourth-order valence-electron chi connectivity index (χ4n) is 1.51. The quantitative estimate of drug-likeness (QED) is 0.771. The molecular formula is C14H22F3NO2. The molecule has 0 saturated carbocycles. The van der Waals surface area contributed by atoms with Crippen LogP contribution in [0.25, 0.3) is 0 Å². The molecule has 0 aromatic carbocycles. The minimum Gasteiger partial charge on any atom is -0.467 e. The van der Waals surface area contributed by atoms with Crippen LogP contribution in [0.2, 0.25) is 0 Å². The third-order valence-electron chi connectivity index (χ3n) is 2.52. The van der Waals surface area contributed by atoms with Crippen LogP contribution >= 0.6 is 0 Å². The Morgan fingerprint density at radius 3 is 2.55 bits per heavy atom. The maximum atomic E-state index is 11.9. The van der Waals surface area contributed by atoms with Gasteiger partial charge in [0.2, 0.25) is 0 Å². The highest BCUT2D eigenvalue weighted by molar-refractivity contribution is 5.12. The van der Waals surface area contributed by atoms with Crippen molar-refractivity contribution in [3.8, 4) is 0 Å². The minimum absolute atomic E-state index is 0.0194. The van der Waals surface area contributed by atoms with Crippen molar-refractivity contribution in [2.45, 2.75) is 58.5 Å². The number of ether oxygens (including phenoxy) is 1. The second-order valence-electron chi connectivity index (χ2n) is 5.80. The molecule has 3 nitrogen and oxygen atoms in total. The van der Waals surface area contributed by atoms with Crippen molar-refractivity contribution < 1.29 is 22.3 Å². The Morgan fingerprint density at radius 1 is 1.25 bits per heavy atom. The molecule has 0 bridgehead atoms. The summed E-state index contributed by atoms with van der Waals surface area (Å²) in [4.78, 5) is 0. The number of hydrogen-bond donors (Lipinski definition) is 1. The molecule has 0 unspecified atom stereocenters. The summed E-state index contributed by atoms with van der Waals surface area (Å²) < 4.78 is 46.2. The molecule has 0 atom stereocenters. The molecule has 20 heavy (non-hydrogen) atoms. The molecule has 1 aromatic heterocycles. The van der Waals surface area contributed by atoms with Crippen molar-refractivity contribution in [3.63, 3.8) is 0 Å². The number of furan rings is 1. The third kappa shape index (κ3) is 8.22. The Balaban J connectivity index is 2.20. The first-order valence-electron chi connectivity index (χ1n) is 6.61. The lowest BCUT2D eigenvalue weighted by Gasteiger charge is -2.19. The van der Waals surface area contributed by atoms with E-state index in [0.717, 1.165) is 5.56 Å². The first-order chi connectivity index (χ1) is 9.16. The third-order valence-corrected chi connectivity index (χ3v) is 2.52. The molecule has 0 aliphatic rings. The van der Waals surface area contributed by atoms with Gasteiger partial charge in [0.25, 0.3) is 0 Å². The molecule has 1 heterocycles. The SMILES string of the molecule is CC(C)(C)NCc1coc(COCCCC(F)(F)F)c1. The molecule has 0 saturated heterocycles. The van der Waals surface area contributed by atoms with Gasteiger partial charge in [-0.25, -0.2) is 0 Å². The lowest BCUT2D eigenvalue weighted by Crippen LogP contribution is -2.34. The standard InChI is InChI=1S/C14H22F3NO2/c1-13(2,3)18-8-11-7-12(20-9-11)10-19-6-4-5-14(15,16)17/h7,9,18H,4-6,8,10H2,1-3H3. The average molecular weight is 293 g/mol. The summed E-state index contributed by atoms with van der Waals surface area (Å²) in [5.41, 5.74) is 1.01. The largest absolute Gasteiger partial charge is 0.467 e. The lowest BCUT2D eigenvalue weighted by atomic mass is 10.1. The molecule has 0 amide bonds. The predicted molar refractivity (Wildman–Crippen MR) is 70.2 cm³/mol. The van der Waals surface area contributed by atoms with Gasteiger partial charge in [-0.3, -0.25) is 0 Å². The normalized spacial score (nSPS) is 12.9. The molecule has 116 valence electrons. The van der Waals surface area contributed by atoms with E-state index in [-0.39, 0.29) is 25.2 Å². The molecule has 6 heteroatoms. The van der Waals surface area contributed by atoms with Crippen LogP contribution in [0.5, 0.6) is 0 Å². The van der Waals surface area contributed by atoms with E-state index >= 15 is 0 Å². The van der Waals surface area contributed by atoms with Crippen molar-refractivity contribution >= 4 is 0 Å². The number of rotatable bonds is 7. The van der Waals surface area contributed by atoms with Gasteiger partial charge in [0.15, 0.2) is 0 Å². The Bertz CT molecular complexity index is 394. The number of nitrogens with one attached hydrogen (secondary N) is 1. The van der Waals surface area contributed by atoms with Gasteiger partial charge in [0.1, 0.15) is 12.4 Å². The van der Waals surface area contributed by atoms with Crippen LogP contribution in [0.15, 0.2) is 16.7 Å².